The van der Waals surface area contributed by atoms with E-state index in [1.165, 1.54) is 0 Å². The fourth-order valence-corrected chi connectivity index (χ4v) is 4.36. The number of nitrogens with one attached hydrogen (secondary N) is 2. The van der Waals surface area contributed by atoms with Crippen LogP contribution in [0.15, 0.2) is 48.5 Å². The maximum Gasteiger partial charge on any atom is 0.243 e. The van der Waals surface area contributed by atoms with E-state index in [0.29, 0.717) is 26.1 Å². The number of amides is 2. The zero-order chi connectivity index (χ0) is 25.5. The van der Waals surface area contributed by atoms with E-state index in [2.05, 4.69) is 10.6 Å². The predicted molar refractivity (Wildman–Crippen MR) is 133 cm³/mol. The third-order valence-corrected chi connectivity index (χ3v) is 7.12. The van der Waals surface area contributed by atoms with Crippen molar-refractivity contribution in [3.8, 4) is 11.5 Å². The van der Waals surface area contributed by atoms with E-state index in [9.17, 15) is 9.59 Å². The van der Waals surface area contributed by atoms with Crippen LogP contribution < -0.4 is 20.1 Å². The van der Waals surface area contributed by atoms with Crippen molar-refractivity contribution in [3.05, 3.63) is 59.7 Å². The van der Waals surface area contributed by atoms with Crippen molar-refractivity contribution < 1.29 is 28.5 Å². The van der Waals surface area contributed by atoms with Gasteiger partial charge < -0.3 is 29.6 Å². The van der Waals surface area contributed by atoms with E-state index < -0.39 is 12.1 Å². The summed E-state index contributed by atoms with van der Waals surface area (Å²) in [6, 6.07) is 14.0. The van der Waals surface area contributed by atoms with Crippen LogP contribution in [-0.2, 0) is 31.9 Å². The Hall–Kier alpha value is -3.10. The van der Waals surface area contributed by atoms with Gasteiger partial charge in [-0.1, -0.05) is 24.3 Å². The predicted octanol–water partition coefficient (Wildman–Crippen LogP) is 2.57. The summed E-state index contributed by atoms with van der Waals surface area (Å²) in [5.41, 5.74) is 1.68. The molecule has 2 aromatic rings. The molecule has 4 unspecified atom stereocenters. The van der Waals surface area contributed by atoms with Crippen molar-refractivity contribution in [2.45, 2.75) is 76.0 Å². The Labute approximate surface area is 211 Å². The fourth-order valence-electron chi connectivity index (χ4n) is 4.36. The summed E-state index contributed by atoms with van der Waals surface area (Å²) < 4.78 is 22.6. The van der Waals surface area contributed by atoms with E-state index in [-0.39, 0.29) is 35.2 Å². The first kappa shape index (κ1) is 24.6. The van der Waals surface area contributed by atoms with Gasteiger partial charge in [0.05, 0.1) is 11.2 Å². The van der Waals surface area contributed by atoms with Gasteiger partial charge in [-0.25, -0.2) is 0 Å². The first-order valence-corrected chi connectivity index (χ1v) is 12.5. The second kappa shape index (κ2) is 9.41. The molecule has 0 aliphatic carbocycles. The molecule has 3 heterocycles. The number of hydrogen-bond donors (Lipinski definition) is 2. The summed E-state index contributed by atoms with van der Waals surface area (Å²) in [6.07, 6.45) is 1.06. The lowest BCUT2D eigenvalue weighted by atomic mass is 9.98. The van der Waals surface area contributed by atoms with Gasteiger partial charge >= 0.3 is 0 Å². The van der Waals surface area contributed by atoms with Crippen molar-refractivity contribution >= 4 is 11.8 Å². The molecule has 3 aliphatic rings. The molecule has 0 bridgehead atoms. The van der Waals surface area contributed by atoms with Crippen molar-refractivity contribution in [2.24, 2.45) is 0 Å². The lowest BCUT2D eigenvalue weighted by Crippen LogP contribution is -2.62. The summed E-state index contributed by atoms with van der Waals surface area (Å²) in [5.74, 6) is 1.15. The molecule has 2 aromatic carbocycles. The van der Waals surface area contributed by atoms with Crippen LogP contribution in [0.4, 0.5) is 0 Å². The summed E-state index contributed by atoms with van der Waals surface area (Å²) in [4.78, 5) is 25.4. The summed E-state index contributed by atoms with van der Waals surface area (Å²) in [5, 5.41) is 5.76. The number of hydrogen-bond acceptors (Lipinski definition) is 6. The van der Waals surface area contributed by atoms with Crippen LogP contribution in [-0.4, -0.2) is 60.5 Å². The molecule has 0 spiro atoms. The molecule has 3 aliphatic heterocycles. The van der Waals surface area contributed by atoms with Crippen molar-refractivity contribution in [1.29, 1.82) is 0 Å². The molecule has 3 fully saturated rings. The van der Waals surface area contributed by atoms with Gasteiger partial charge in [0.1, 0.15) is 49.0 Å². The molecule has 192 valence electrons. The van der Waals surface area contributed by atoms with Crippen LogP contribution >= 0.6 is 0 Å². The zero-order valence-corrected chi connectivity index (χ0v) is 21.2. The number of rotatable bonds is 10. The van der Waals surface area contributed by atoms with E-state index in [1.807, 2.05) is 76.2 Å². The number of benzene rings is 2. The van der Waals surface area contributed by atoms with Gasteiger partial charge in [-0.05, 0) is 63.1 Å². The van der Waals surface area contributed by atoms with E-state index >= 15 is 0 Å². The molecule has 5 rings (SSSR count). The van der Waals surface area contributed by atoms with Gasteiger partial charge in [-0.3, -0.25) is 9.59 Å². The van der Waals surface area contributed by atoms with Crippen LogP contribution in [0.5, 0.6) is 11.5 Å². The molecule has 0 aromatic heterocycles. The molecule has 8 heteroatoms. The molecule has 8 nitrogen and oxygen atoms in total. The Balaban J connectivity index is 1.08. The highest BCUT2D eigenvalue weighted by Crippen LogP contribution is 2.36. The van der Waals surface area contributed by atoms with Gasteiger partial charge in [0.15, 0.2) is 0 Å². The Morgan fingerprint density at radius 2 is 1.00 bits per heavy atom. The minimum atomic E-state index is -0.606. The SMILES string of the molecule is CC1(C)OC1COc1ccc(CC2NC(=O)C(Cc3ccc(OCC4OC4(C)C)cc3)NC2=O)cc1. The number of piperazine rings is 1. The Bertz CT molecular complexity index is 1020. The van der Waals surface area contributed by atoms with Crippen molar-refractivity contribution in [2.75, 3.05) is 13.2 Å². The van der Waals surface area contributed by atoms with Gasteiger partial charge in [-0.15, -0.1) is 0 Å². The molecule has 36 heavy (non-hydrogen) atoms. The van der Waals surface area contributed by atoms with E-state index in [4.69, 9.17) is 18.9 Å². The number of carbonyl (C=O) groups excluding carboxylic acids is 2. The van der Waals surface area contributed by atoms with E-state index in [1.54, 1.807) is 0 Å². The zero-order valence-electron chi connectivity index (χ0n) is 21.2. The van der Waals surface area contributed by atoms with Gasteiger partial charge in [0.25, 0.3) is 0 Å². The number of epoxide rings is 2. The highest BCUT2D eigenvalue weighted by Gasteiger charge is 2.49. The minimum Gasteiger partial charge on any atom is -0.491 e. The lowest BCUT2D eigenvalue weighted by Gasteiger charge is -2.29. The third kappa shape index (κ3) is 5.82. The molecular weight excluding hydrogens is 460 g/mol. The first-order chi connectivity index (χ1) is 17.1. The summed E-state index contributed by atoms with van der Waals surface area (Å²) in [6.45, 7) is 9.18. The van der Waals surface area contributed by atoms with E-state index in [0.717, 1.165) is 22.6 Å². The Kier molecular flexibility index (Phi) is 6.43. The third-order valence-electron chi connectivity index (χ3n) is 7.12. The fraction of sp³-hybridized carbons (Fsp3) is 0.500. The first-order valence-electron chi connectivity index (χ1n) is 12.5. The summed E-state index contributed by atoms with van der Waals surface area (Å²) >= 11 is 0. The molecule has 2 amide bonds. The highest BCUT2D eigenvalue weighted by atomic mass is 16.6. The largest absolute Gasteiger partial charge is 0.491 e. The van der Waals surface area contributed by atoms with Crippen LogP contribution in [0.2, 0.25) is 0 Å². The maximum atomic E-state index is 12.7. The molecule has 0 saturated carbocycles. The van der Waals surface area contributed by atoms with Gasteiger partial charge in [0.2, 0.25) is 11.8 Å². The average molecular weight is 495 g/mol. The normalized spacial score (nSPS) is 27.6. The molecular formula is C28H34N2O6. The minimum absolute atomic E-state index is 0.106. The van der Waals surface area contributed by atoms with Gasteiger partial charge in [0, 0.05) is 12.8 Å². The van der Waals surface area contributed by atoms with Crippen LogP contribution in [0, 0.1) is 0 Å². The van der Waals surface area contributed by atoms with Gasteiger partial charge in [-0.2, -0.15) is 0 Å². The van der Waals surface area contributed by atoms with Crippen LogP contribution in [0.1, 0.15) is 38.8 Å². The maximum absolute atomic E-state index is 12.7. The van der Waals surface area contributed by atoms with Crippen molar-refractivity contribution in [1.82, 2.24) is 10.6 Å². The van der Waals surface area contributed by atoms with Crippen LogP contribution in [0.25, 0.3) is 0 Å². The van der Waals surface area contributed by atoms with Crippen LogP contribution in [0.3, 0.4) is 0 Å². The molecule has 0 radical (unpaired) electrons. The highest BCUT2D eigenvalue weighted by molar-refractivity contribution is 5.97. The molecule has 4 atom stereocenters. The smallest absolute Gasteiger partial charge is 0.243 e. The topological polar surface area (TPSA) is 102 Å². The Morgan fingerprint density at radius 3 is 1.31 bits per heavy atom. The molecule has 3 saturated heterocycles. The quantitative estimate of drug-likeness (QED) is 0.493. The second-order valence-electron chi connectivity index (χ2n) is 10.9. The average Bonchev–Trinajstić information content (AvgIpc) is 3.67. The number of ether oxygens (including phenoxy) is 4. The monoisotopic (exact) mass is 494 g/mol. The Morgan fingerprint density at radius 1 is 0.667 bits per heavy atom. The molecule has 2 N–H and O–H groups in total. The lowest BCUT2D eigenvalue weighted by molar-refractivity contribution is -0.136. The second-order valence-corrected chi connectivity index (χ2v) is 10.9. The summed E-state index contributed by atoms with van der Waals surface area (Å²) in [7, 11) is 0. The standard InChI is InChI=1S/C28H34N2O6/c1-27(2)23(35-27)15-33-19-9-5-17(6-10-19)13-21-25(31)30-22(26(32)29-21)14-18-7-11-20(12-8-18)34-16-24-28(3,4)36-24/h5-12,21-24H,13-16H2,1-4H3,(H,29,32)(H,30,31). The number of carbonyl (C=O) groups is 2. The van der Waals surface area contributed by atoms with Crippen molar-refractivity contribution in [3.63, 3.8) is 0 Å².